The lowest BCUT2D eigenvalue weighted by Gasteiger charge is -2.23. The van der Waals surface area contributed by atoms with Crippen LogP contribution in [0.15, 0.2) is 11.6 Å². The zero-order chi connectivity index (χ0) is 21.9. The number of allylic oxidation sites excluding steroid dienone is 1. The predicted molar refractivity (Wildman–Crippen MR) is 103 cm³/mol. The molecule has 28 heavy (non-hydrogen) atoms. The Balaban J connectivity index is 5.09. The van der Waals surface area contributed by atoms with Gasteiger partial charge in [-0.15, -0.1) is 0 Å². The van der Waals surface area contributed by atoms with Crippen LogP contribution in [0.5, 0.6) is 0 Å². The molecule has 4 amide bonds. The highest BCUT2D eigenvalue weighted by atomic mass is 16.6. The zero-order valence-electron chi connectivity index (χ0n) is 17.4. The Morgan fingerprint density at radius 3 is 2.18 bits per heavy atom. The number of carbonyl (C=O) groups is 4. The number of methoxy groups -OCH3 is 1. The van der Waals surface area contributed by atoms with E-state index in [0.717, 1.165) is 5.57 Å². The lowest BCUT2D eigenvalue weighted by Crippen LogP contribution is -2.52. The fourth-order valence-electron chi connectivity index (χ4n) is 2.12. The van der Waals surface area contributed by atoms with Gasteiger partial charge in [0.1, 0.15) is 17.7 Å². The van der Waals surface area contributed by atoms with Crippen LogP contribution in [0.1, 0.15) is 47.5 Å². The standard InChI is InChI=1S/C18H32N4O6/c1-11(2)10-13(22-17(26)28-18(3,4)5)14(23)21-12(15(24)27-6)8-7-9-20-16(19)25/h10,12-13H,7-9H2,1-6H3,(H,21,23)(H,22,26)(H3,19,20,25)/t12-,13?/m0/s1. The highest BCUT2D eigenvalue weighted by molar-refractivity contribution is 5.91. The van der Waals surface area contributed by atoms with Crippen molar-refractivity contribution in [3.8, 4) is 0 Å². The van der Waals surface area contributed by atoms with Gasteiger partial charge in [0.05, 0.1) is 7.11 Å². The summed E-state index contributed by atoms with van der Waals surface area (Å²) < 4.78 is 9.88. The Hall–Kier alpha value is -2.78. The van der Waals surface area contributed by atoms with Crippen LogP contribution < -0.4 is 21.7 Å². The highest BCUT2D eigenvalue weighted by Crippen LogP contribution is 2.08. The maximum atomic E-state index is 12.6. The topological polar surface area (TPSA) is 149 Å². The molecular weight excluding hydrogens is 368 g/mol. The molecule has 10 nitrogen and oxygen atoms in total. The maximum Gasteiger partial charge on any atom is 0.408 e. The third kappa shape index (κ3) is 11.8. The van der Waals surface area contributed by atoms with Gasteiger partial charge in [0.25, 0.3) is 0 Å². The first-order valence-corrected chi connectivity index (χ1v) is 8.91. The minimum absolute atomic E-state index is 0.215. The first-order chi connectivity index (χ1) is 12.9. The van der Waals surface area contributed by atoms with Crippen LogP contribution in [0.4, 0.5) is 9.59 Å². The van der Waals surface area contributed by atoms with Crippen molar-refractivity contribution in [1.29, 1.82) is 0 Å². The summed E-state index contributed by atoms with van der Waals surface area (Å²) in [5, 5.41) is 7.43. The monoisotopic (exact) mass is 400 g/mol. The van der Waals surface area contributed by atoms with Gasteiger partial charge in [-0.3, -0.25) is 4.79 Å². The second-order valence-electron chi connectivity index (χ2n) is 7.39. The van der Waals surface area contributed by atoms with E-state index in [4.69, 9.17) is 15.2 Å². The average molecular weight is 400 g/mol. The van der Waals surface area contributed by atoms with Crippen molar-refractivity contribution >= 4 is 24.0 Å². The number of hydrogen-bond acceptors (Lipinski definition) is 6. The maximum absolute atomic E-state index is 12.6. The number of ether oxygens (including phenoxy) is 2. The summed E-state index contributed by atoms with van der Waals surface area (Å²) in [5.74, 6) is -1.23. The van der Waals surface area contributed by atoms with Crippen LogP contribution in [0.2, 0.25) is 0 Å². The Kier molecular flexibility index (Phi) is 10.7. The van der Waals surface area contributed by atoms with E-state index < -0.39 is 41.7 Å². The Bertz CT molecular complexity index is 593. The van der Waals surface area contributed by atoms with Gasteiger partial charge >= 0.3 is 18.1 Å². The van der Waals surface area contributed by atoms with E-state index >= 15 is 0 Å². The van der Waals surface area contributed by atoms with Gasteiger partial charge < -0.3 is 31.2 Å². The van der Waals surface area contributed by atoms with Gasteiger partial charge in [0.2, 0.25) is 5.91 Å². The molecule has 0 aliphatic heterocycles. The summed E-state index contributed by atoms with van der Waals surface area (Å²) in [6.07, 6.45) is 1.38. The molecule has 10 heteroatoms. The molecule has 0 heterocycles. The van der Waals surface area contributed by atoms with E-state index in [2.05, 4.69) is 16.0 Å². The molecule has 0 aromatic rings. The molecule has 0 spiro atoms. The van der Waals surface area contributed by atoms with Crippen LogP contribution in [-0.4, -0.2) is 55.3 Å². The van der Waals surface area contributed by atoms with Crippen molar-refractivity contribution in [2.24, 2.45) is 5.73 Å². The van der Waals surface area contributed by atoms with Crippen molar-refractivity contribution in [2.75, 3.05) is 13.7 Å². The Morgan fingerprint density at radius 2 is 1.71 bits per heavy atom. The molecule has 160 valence electrons. The molecule has 0 rings (SSSR count). The fraction of sp³-hybridized carbons (Fsp3) is 0.667. The number of esters is 1. The van der Waals surface area contributed by atoms with E-state index in [9.17, 15) is 19.2 Å². The first-order valence-electron chi connectivity index (χ1n) is 8.91. The number of amides is 4. The quantitative estimate of drug-likeness (QED) is 0.257. The van der Waals surface area contributed by atoms with E-state index in [1.54, 1.807) is 40.7 Å². The van der Waals surface area contributed by atoms with E-state index in [1.807, 2.05) is 0 Å². The normalized spacial score (nSPS) is 12.8. The SMILES string of the molecule is COC(=O)[C@H](CCCNC(N)=O)NC(=O)C(C=C(C)C)NC(=O)OC(C)(C)C. The fourth-order valence-corrected chi connectivity index (χ4v) is 2.12. The van der Waals surface area contributed by atoms with Crippen LogP contribution >= 0.6 is 0 Å². The summed E-state index contributed by atoms with van der Waals surface area (Å²) in [7, 11) is 1.20. The number of hydrogen-bond donors (Lipinski definition) is 4. The molecule has 0 aromatic carbocycles. The van der Waals surface area contributed by atoms with Crippen molar-refractivity contribution in [3.63, 3.8) is 0 Å². The van der Waals surface area contributed by atoms with Crippen LogP contribution in [-0.2, 0) is 19.1 Å². The molecule has 0 aliphatic rings. The van der Waals surface area contributed by atoms with Crippen molar-refractivity contribution in [3.05, 3.63) is 11.6 Å². The molecule has 0 saturated carbocycles. The van der Waals surface area contributed by atoms with Gasteiger partial charge in [-0.1, -0.05) is 11.6 Å². The number of carbonyl (C=O) groups excluding carboxylic acids is 4. The minimum atomic E-state index is -1.03. The number of urea groups is 1. The van der Waals surface area contributed by atoms with E-state index in [0.29, 0.717) is 6.42 Å². The smallest absolute Gasteiger partial charge is 0.408 e. The number of nitrogens with one attached hydrogen (secondary N) is 3. The van der Waals surface area contributed by atoms with Gasteiger partial charge in [-0.25, -0.2) is 14.4 Å². The molecule has 0 aliphatic carbocycles. The molecule has 0 radical (unpaired) electrons. The average Bonchev–Trinajstić information content (AvgIpc) is 2.53. The molecule has 0 fully saturated rings. The molecule has 0 bridgehead atoms. The summed E-state index contributed by atoms with van der Waals surface area (Å²) in [4.78, 5) is 47.3. The minimum Gasteiger partial charge on any atom is -0.467 e. The number of rotatable bonds is 9. The number of alkyl carbamates (subject to hydrolysis) is 1. The van der Waals surface area contributed by atoms with Gasteiger partial charge in [-0.05, 0) is 47.5 Å². The Labute approximate surface area is 165 Å². The molecule has 0 saturated heterocycles. The van der Waals surface area contributed by atoms with E-state index in [-0.39, 0.29) is 13.0 Å². The second kappa shape index (κ2) is 11.8. The summed E-state index contributed by atoms with van der Waals surface area (Å²) in [5.41, 5.74) is 5.05. The third-order valence-electron chi connectivity index (χ3n) is 3.23. The molecule has 1 unspecified atom stereocenters. The van der Waals surface area contributed by atoms with Crippen molar-refractivity contribution < 1.29 is 28.7 Å². The first kappa shape index (κ1) is 25.2. The van der Waals surface area contributed by atoms with Crippen LogP contribution in [0, 0.1) is 0 Å². The summed E-state index contributed by atoms with van der Waals surface area (Å²) in [6, 6.07) is -2.65. The molecule has 0 aromatic heterocycles. The molecule has 2 atom stereocenters. The molecule has 5 N–H and O–H groups in total. The van der Waals surface area contributed by atoms with Gasteiger partial charge in [-0.2, -0.15) is 0 Å². The zero-order valence-corrected chi connectivity index (χ0v) is 17.4. The Morgan fingerprint density at radius 1 is 1.11 bits per heavy atom. The van der Waals surface area contributed by atoms with E-state index in [1.165, 1.54) is 7.11 Å². The number of primary amides is 1. The second-order valence-corrected chi connectivity index (χ2v) is 7.39. The summed E-state index contributed by atoms with van der Waals surface area (Å²) >= 11 is 0. The predicted octanol–water partition coefficient (Wildman–Crippen LogP) is 0.952. The number of nitrogens with two attached hydrogens (primary N) is 1. The highest BCUT2D eigenvalue weighted by Gasteiger charge is 2.27. The van der Waals surface area contributed by atoms with Gasteiger partial charge in [0, 0.05) is 6.54 Å². The lowest BCUT2D eigenvalue weighted by atomic mass is 10.1. The van der Waals surface area contributed by atoms with Gasteiger partial charge in [0.15, 0.2) is 0 Å². The molecular formula is C18H32N4O6. The van der Waals surface area contributed by atoms with Crippen LogP contribution in [0.3, 0.4) is 0 Å². The van der Waals surface area contributed by atoms with Crippen LogP contribution in [0.25, 0.3) is 0 Å². The largest absolute Gasteiger partial charge is 0.467 e. The summed E-state index contributed by atoms with van der Waals surface area (Å²) in [6.45, 7) is 8.89. The van der Waals surface area contributed by atoms with Crippen molar-refractivity contribution in [1.82, 2.24) is 16.0 Å². The third-order valence-corrected chi connectivity index (χ3v) is 3.23. The van der Waals surface area contributed by atoms with Crippen molar-refractivity contribution in [2.45, 2.75) is 65.1 Å². The lowest BCUT2D eigenvalue weighted by molar-refractivity contribution is -0.145.